The van der Waals surface area contributed by atoms with Gasteiger partial charge in [0.25, 0.3) is 0 Å². The van der Waals surface area contributed by atoms with Gasteiger partial charge in [-0.3, -0.25) is 0 Å². The molecule has 0 aromatic heterocycles. The summed E-state index contributed by atoms with van der Waals surface area (Å²) in [5.74, 6) is -0.302. The van der Waals surface area contributed by atoms with Gasteiger partial charge < -0.3 is 5.32 Å². The Morgan fingerprint density at radius 3 is 2.57 bits per heavy atom. The van der Waals surface area contributed by atoms with E-state index in [1.807, 2.05) is 25.1 Å². The molecule has 0 bridgehead atoms. The Kier molecular flexibility index (Phi) is 5.67. The highest BCUT2D eigenvalue weighted by Gasteiger charge is 2.20. The lowest BCUT2D eigenvalue weighted by Gasteiger charge is -2.22. The number of halogens is 4. The Balaban J connectivity index is 2.58. The lowest BCUT2D eigenvalue weighted by molar-refractivity contribution is 0.606. The summed E-state index contributed by atoms with van der Waals surface area (Å²) in [5, 5.41) is 4.42. The summed E-state index contributed by atoms with van der Waals surface area (Å²) in [7, 11) is 0. The second-order valence-electron chi connectivity index (χ2n) is 4.78. The predicted octanol–water partition coefficient (Wildman–Crippen LogP) is 5.90. The maximum atomic E-state index is 13.6. The first-order valence-electron chi connectivity index (χ1n) is 6.58. The summed E-state index contributed by atoms with van der Waals surface area (Å²) in [6.45, 7) is 4.48. The van der Waals surface area contributed by atoms with Gasteiger partial charge in [0.2, 0.25) is 0 Å². The molecule has 2 aromatic rings. The third kappa shape index (κ3) is 3.78. The molecule has 0 amide bonds. The molecule has 1 unspecified atom stereocenters. The van der Waals surface area contributed by atoms with Crippen molar-refractivity contribution in [2.45, 2.75) is 19.9 Å². The van der Waals surface area contributed by atoms with Crippen LogP contribution in [-0.2, 0) is 0 Å². The molecule has 0 radical (unpaired) electrons. The first-order valence-corrected chi connectivity index (χ1v) is 8.12. The molecular weight excluding hydrogens is 376 g/mol. The van der Waals surface area contributed by atoms with Gasteiger partial charge in [-0.25, -0.2) is 4.39 Å². The lowest BCUT2D eigenvalue weighted by Crippen LogP contribution is -2.23. The summed E-state index contributed by atoms with van der Waals surface area (Å²) < 4.78 is 14.5. The van der Waals surface area contributed by atoms with E-state index in [1.54, 1.807) is 13.0 Å². The second-order valence-corrected chi connectivity index (χ2v) is 6.48. The molecule has 112 valence electrons. The number of benzene rings is 2. The van der Waals surface area contributed by atoms with Crippen LogP contribution in [0.2, 0.25) is 10.0 Å². The van der Waals surface area contributed by atoms with Crippen LogP contribution >= 0.6 is 39.1 Å². The van der Waals surface area contributed by atoms with Crippen LogP contribution in [0.3, 0.4) is 0 Å². The average molecular weight is 391 g/mol. The van der Waals surface area contributed by atoms with Gasteiger partial charge in [0.05, 0.1) is 6.04 Å². The van der Waals surface area contributed by atoms with Crippen LogP contribution < -0.4 is 5.32 Å². The zero-order valence-corrected chi connectivity index (χ0v) is 14.8. The van der Waals surface area contributed by atoms with Gasteiger partial charge in [0, 0.05) is 14.5 Å². The van der Waals surface area contributed by atoms with Crippen LogP contribution in [0.15, 0.2) is 34.8 Å². The summed E-state index contributed by atoms with van der Waals surface area (Å²) >= 11 is 15.9. The fourth-order valence-electron chi connectivity index (χ4n) is 2.23. The van der Waals surface area contributed by atoms with Crippen LogP contribution in [0.25, 0.3) is 0 Å². The van der Waals surface area contributed by atoms with Gasteiger partial charge in [0.1, 0.15) is 5.82 Å². The Morgan fingerprint density at radius 2 is 1.90 bits per heavy atom. The van der Waals surface area contributed by atoms with Crippen LogP contribution in [0.4, 0.5) is 4.39 Å². The minimum atomic E-state index is -0.302. The molecule has 5 heteroatoms. The summed E-state index contributed by atoms with van der Waals surface area (Å²) in [5.41, 5.74) is 2.37. The lowest BCUT2D eigenvalue weighted by atomic mass is 9.97. The van der Waals surface area contributed by atoms with Crippen molar-refractivity contribution >= 4 is 39.1 Å². The molecule has 2 rings (SSSR count). The summed E-state index contributed by atoms with van der Waals surface area (Å²) in [6, 6.07) is 8.57. The number of hydrogen-bond acceptors (Lipinski definition) is 1. The van der Waals surface area contributed by atoms with Gasteiger partial charge in [-0.2, -0.15) is 0 Å². The second kappa shape index (κ2) is 7.10. The largest absolute Gasteiger partial charge is 0.306 e. The first kappa shape index (κ1) is 16.8. The smallest absolute Gasteiger partial charge is 0.127 e. The van der Waals surface area contributed by atoms with Crippen LogP contribution in [0, 0.1) is 12.7 Å². The van der Waals surface area contributed by atoms with Crippen molar-refractivity contribution in [3.05, 3.63) is 67.4 Å². The Morgan fingerprint density at radius 1 is 1.19 bits per heavy atom. The standard InChI is InChI=1S/C16H15BrCl2FN/c1-3-21-16(11-7-10(18)4-5-13(11)17)12-6-9(2)15(20)8-14(12)19/h4-8,16,21H,3H2,1-2H3. The van der Waals surface area contributed by atoms with E-state index in [1.165, 1.54) is 6.07 Å². The van der Waals surface area contributed by atoms with E-state index in [0.29, 0.717) is 15.6 Å². The summed E-state index contributed by atoms with van der Waals surface area (Å²) in [4.78, 5) is 0. The molecule has 0 saturated carbocycles. The van der Waals surface area contributed by atoms with Crippen molar-refractivity contribution in [3.8, 4) is 0 Å². The van der Waals surface area contributed by atoms with Crippen molar-refractivity contribution in [1.82, 2.24) is 5.32 Å². The molecule has 2 aromatic carbocycles. The van der Waals surface area contributed by atoms with Gasteiger partial charge >= 0.3 is 0 Å². The maximum absolute atomic E-state index is 13.6. The van der Waals surface area contributed by atoms with E-state index in [4.69, 9.17) is 23.2 Å². The topological polar surface area (TPSA) is 12.0 Å². The fourth-order valence-corrected chi connectivity index (χ4v) is 3.14. The quantitative estimate of drug-likeness (QED) is 0.684. The fraction of sp³-hybridized carbons (Fsp3) is 0.250. The first-order chi connectivity index (χ1) is 9.93. The SMILES string of the molecule is CCNC(c1cc(C)c(F)cc1Cl)c1cc(Cl)ccc1Br. The monoisotopic (exact) mass is 389 g/mol. The zero-order chi connectivity index (χ0) is 15.6. The third-order valence-corrected chi connectivity index (χ3v) is 4.55. The van der Waals surface area contributed by atoms with Crippen LogP contribution in [0.1, 0.15) is 29.7 Å². The van der Waals surface area contributed by atoms with Gasteiger partial charge in [-0.1, -0.05) is 46.1 Å². The molecule has 1 nitrogen and oxygen atoms in total. The van der Waals surface area contributed by atoms with E-state index in [-0.39, 0.29) is 11.9 Å². The van der Waals surface area contributed by atoms with Gasteiger partial charge in [-0.15, -0.1) is 0 Å². The molecule has 0 aliphatic rings. The highest BCUT2D eigenvalue weighted by molar-refractivity contribution is 9.10. The molecule has 21 heavy (non-hydrogen) atoms. The van der Waals surface area contributed by atoms with Crippen molar-refractivity contribution in [2.75, 3.05) is 6.54 Å². The normalized spacial score (nSPS) is 12.5. The number of rotatable bonds is 4. The Labute approximate surface area is 142 Å². The van der Waals surface area contributed by atoms with Crippen molar-refractivity contribution in [3.63, 3.8) is 0 Å². The molecule has 0 aliphatic heterocycles. The minimum Gasteiger partial charge on any atom is -0.306 e. The van der Waals surface area contributed by atoms with Gasteiger partial charge in [0.15, 0.2) is 0 Å². The predicted molar refractivity (Wildman–Crippen MR) is 90.8 cm³/mol. The Bertz CT molecular complexity index is 661. The van der Waals surface area contributed by atoms with Crippen LogP contribution in [-0.4, -0.2) is 6.54 Å². The van der Waals surface area contributed by atoms with Crippen LogP contribution in [0.5, 0.6) is 0 Å². The molecule has 0 saturated heterocycles. The highest BCUT2D eigenvalue weighted by Crippen LogP contribution is 2.35. The molecule has 0 fully saturated rings. The van der Waals surface area contributed by atoms with Crippen molar-refractivity contribution < 1.29 is 4.39 Å². The third-order valence-electron chi connectivity index (χ3n) is 3.27. The van der Waals surface area contributed by atoms with E-state index in [0.717, 1.165) is 22.1 Å². The van der Waals surface area contributed by atoms with E-state index in [2.05, 4.69) is 21.2 Å². The Hall–Kier alpha value is -0.610. The maximum Gasteiger partial charge on any atom is 0.127 e. The zero-order valence-electron chi connectivity index (χ0n) is 11.7. The summed E-state index contributed by atoms with van der Waals surface area (Å²) in [6.07, 6.45) is 0. The highest BCUT2D eigenvalue weighted by atomic mass is 79.9. The molecule has 0 spiro atoms. The van der Waals surface area contributed by atoms with E-state index in [9.17, 15) is 4.39 Å². The molecule has 1 atom stereocenters. The number of nitrogens with one attached hydrogen (secondary N) is 1. The van der Waals surface area contributed by atoms with Crippen molar-refractivity contribution in [2.24, 2.45) is 0 Å². The molecule has 0 heterocycles. The van der Waals surface area contributed by atoms with Crippen molar-refractivity contribution in [1.29, 1.82) is 0 Å². The minimum absolute atomic E-state index is 0.158. The molecule has 1 N–H and O–H groups in total. The van der Waals surface area contributed by atoms with Gasteiger partial charge in [-0.05, 0) is 60.5 Å². The van der Waals surface area contributed by atoms with E-state index < -0.39 is 0 Å². The molecule has 0 aliphatic carbocycles. The number of hydrogen-bond donors (Lipinski definition) is 1. The average Bonchev–Trinajstić information content (AvgIpc) is 2.43. The number of aryl methyl sites for hydroxylation is 1. The molecular formula is C16H15BrCl2FN. The van der Waals surface area contributed by atoms with E-state index >= 15 is 0 Å².